The van der Waals surface area contributed by atoms with Gasteiger partial charge in [-0.25, -0.2) is 0 Å². The number of carbonyl (C=O) groups excluding carboxylic acids is 1. The Labute approximate surface area is 117 Å². The normalized spacial score (nSPS) is 11.9. The molecular weight excluding hydrogens is 262 g/mol. The molecule has 19 heavy (non-hydrogen) atoms. The summed E-state index contributed by atoms with van der Waals surface area (Å²) >= 11 is 1.36. The Hall–Kier alpha value is -1.49. The van der Waals surface area contributed by atoms with Gasteiger partial charge in [0.25, 0.3) is 0 Å². The summed E-state index contributed by atoms with van der Waals surface area (Å²) in [5.41, 5.74) is 1.09. The summed E-state index contributed by atoms with van der Waals surface area (Å²) in [4.78, 5) is 24.0. The highest BCUT2D eigenvalue weighted by atomic mass is 32.2. The van der Waals surface area contributed by atoms with E-state index in [1.807, 2.05) is 37.3 Å². The molecule has 0 bridgehead atoms. The van der Waals surface area contributed by atoms with Crippen LogP contribution < -0.4 is 0 Å². The molecule has 0 saturated heterocycles. The fourth-order valence-corrected chi connectivity index (χ4v) is 2.43. The predicted octanol–water partition coefficient (Wildman–Crippen LogP) is 2.41. The van der Waals surface area contributed by atoms with Crippen LogP contribution in [0.15, 0.2) is 30.3 Å². The Bertz CT molecular complexity index is 422. The van der Waals surface area contributed by atoms with Crippen molar-refractivity contribution < 1.29 is 14.7 Å². The standard InChI is InChI=1S/C14H19NO3S/c1-11(12-6-4-3-5-7-12)15(2)13(16)10-19-9-8-14(17)18/h3-7,11H,8-10H2,1-2H3,(H,17,18). The fraction of sp³-hybridized carbons (Fsp3) is 0.429. The van der Waals surface area contributed by atoms with Crippen LogP contribution in [0.2, 0.25) is 0 Å². The number of hydrogen-bond donors (Lipinski definition) is 1. The molecule has 0 spiro atoms. The van der Waals surface area contributed by atoms with E-state index in [2.05, 4.69) is 0 Å². The molecule has 1 atom stereocenters. The number of aliphatic carboxylic acids is 1. The Morgan fingerprint density at radius 2 is 1.95 bits per heavy atom. The van der Waals surface area contributed by atoms with Gasteiger partial charge < -0.3 is 10.0 Å². The number of nitrogens with zero attached hydrogens (tertiary/aromatic N) is 1. The summed E-state index contributed by atoms with van der Waals surface area (Å²) in [6.07, 6.45) is 0.0932. The van der Waals surface area contributed by atoms with E-state index in [1.54, 1.807) is 11.9 Å². The van der Waals surface area contributed by atoms with Gasteiger partial charge in [-0.2, -0.15) is 11.8 Å². The number of carboxylic acids is 1. The average molecular weight is 281 g/mol. The van der Waals surface area contributed by atoms with Crippen LogP contribution in [0.3, 0.4) is 0 Å². The largest absolute Gasteiger partial charge is 0.481 e. The maximum absolute atomic E-state index is 12.0. The molecule has 5 heteroatoms. The summed E-state index contributed by atoms with van der Waals surface area (Å²) in [6, 6.07) is 9.85. The molecule has 1 amide bonds. The number of amides is 1. The second-order valence-corrected chi connectivity index (χ2v) is 5.39. The predicted molar refractivity (Wildman–Crippen MR) is 77.2 cm³/mol. The quantitative estimate of drug-likeness (QED) is 0.780. The molecule has 4 nitrogen and oxygen atoms in total. The monoisotopic (exact) mass is 281 g/mol. The highest BCUT2D eigenvalue weighted by Crippen LogP contribution is 2.19. The van der Waals surface area contributed by atoms with Crippen molar-refractivity contribution in [2.45, 2.75) is 19.4 Å². The van der Waals surface area contributed by atoms with E-state index in [0.717, 1.165) is 5.56 Å². The first-order valence-corrected chi connectivity index (χ1v) is 7.28. The van der Waals surface area contributed by atoms with E-state index in [9.17, 15) is 9.59 Å². The molecule has 0 aliphatic heterocycles. The molecule has 1 rings (SSSR count). The summed E-state index contributed by atoms with van der Waals surface area (Å²) in [5.74, 6) is -0.0204. The SMILES string of the molecule is CC(c1ccccc1)N(C)C(=O)CSCCC(=O)O. The van der Waals surface area contributed by atoms with Crippen molar-refractivity contribution in [2.24, 2.45) is 0 Å². The van der Waals surface area contributed by atoms with E-state index in [-0.39, 0.29) is 18.4 Å². The number of thioether (sulfide) groups is 1. The van der Waals surface area contributed by atoms with Gasteiger partial charge in [0.05, 0.1) is 18.2 Å². The third-order valence-corrected chi connectivity index (χ3v) is 3.89. The van der Waals surface area contributed by atoms with E-state index in [1.165, 1.54) is 11.8 Å². The molecule has 0 fully saturated rings. The number of rotatable bonds is 7. The first kappa shape index (κ1) is 15.6. The van der Waals surface area contributed by atoms with Crippen molar-refractivity contribution in [3.63, 3.8) is 0 Å². The lowest BCUT2D eigenvalue weighted by Gasteiger charge is -2.25. The van der Waals surface area contributed by atoms with E-state index >= 15 is 0 Å². The smallest absolute Gasteiger partial charge is 0.304 e. The van der Waals surface area contributed by atoms with Gasteiger partial charge in [0, 0.05) is 12.8 Å². The highest BCUT2D eigenvalue weighted by molar-refractivity contribution is 7.99. The Balaban J connectivity index is 2.42. The first-order chi connectivity index (χ1) is 9.02. The average Bonchev–Trinajstić information content (AvgIpc) is 2.42. The molecule has 0 aliphatic carbocycles. The van der Waals surface area contributed by atoms with Gasteiger partial charge in [0.15, 0.2) is 0 Å². The van der Waals surface area contributed by atoms with Crippen LogP contribution in [0.4, 0.5) is 0 Å². The van der Waals surface area contributed by atoms with Crippen LogP contribution in [0.1, 0.15) is 24.9 Å². The maximum atomic E-state index is 12.0. The maximum Gasteiger partial charge on any atom is 0.304 e. The molecule has 0 aromatic heterocycles. The molecule has 1 aromatic carbocycles. The lowest BCUT2D eigenvalue weighted by molar-refractivity contribution is -0.136. The first-order valence-electron chi connectivity index (χ1n) is 6.12. The van der Waals surface area contributed by atoms with E-state index < -0.39 is 5.97 Å². The zero-order valence-corrected chi connectivity index (χ0v) is 12.0. The van der Waals surface area contributed by atoms with Crippen LogP contribution in [0.25, 0.3) is 0 Å². The van der Waals surface area contributed by atoms with Crippen LogP contribution in [-0.2, 0) is 9.59 Å². The highest BCUT2D eigenvalue weighted by Gasteiger charge is 2.16. The van der Waals surface area contributed by atoms with Gasteiger partial charge in [-0.15, -0.1) is 0 Å². The Morgan fingerprint density at radius 3 is 2.53 bits per heavy atom. The molecule has 1 N–H and O–H groups in total. The zero-order valence-electron chi connectivity index (χ0n) is 11.2. The second-order valence-electron chi connectivity index (χ2n) is 4.29. The third-order valence-electron chi connectivity index (χ3n) is 2.94. The number of benzene rings is 1. The lowest BCUT2D eigenvalue weighted by atomic mass is 10.1. The van der Waals surface area contributed by atoms with E-state index in [0.29, 0.717) is 11.5 Å². The van der Waals surface area contributed by atoms with Crippen LogP contribution >= 0.6 is 11.8 Å². The van der Waals surface area contributed by atoms with Gasteiger partial charge in [-0.05, 0) is 12.5 Å². The Kier molecular flexibility index (Phi) is 6.42. The fourth-order valence-electron chi connectivity index (χ4n) is 1.59. The van der Waals surface area contributed by atoms with Gasteiger partial charge in [-0.1, -0.05) is 30.3 Å². The minimum Gasteiger partial charge on any atom is -0.481 e. The minimum absolute atomic E-state index is 0.0201. The number of carboxylic acid groups (broad SMARTS) is 1. The van der Waals surface area contributed by atoms with Crippen molar-refractivity contribution in [3.05, 3.63) is 35.9 Å². The van der Waals surface area contributed by atoms with Gasteiger partial charge >= 0.3 is 5.97 Å². The van der Waals surface area contributed by atoms with Gasteiger partial charge in [0.1, 0.15) is 0 Å². The molecule has 0 heterocycles. The van der Waals surface area contributed by atoms with E-state index in [4.69, 9.17) is 5.11 Å². The molecule has 1 unspecified atom stereocenters. The third kappa shape index (κ3) is 5.34. The van der Waals surface area contributed by atoms with Crippen molar-refractivity contribution in [1.82, 2.24) is 4.90 Å². The van der Waals surface area contributed by atoms with Crippen molar-refractivity contribution in [3.8, 4) is 0 Å². The van der Waals surface area contributed by atoms with Crippen LogP contribution in [0, 0.1) is 0 Å². The van der Waals surface area contributed by atoms with Gasteiger partial charge in [0.2, 0.25) is 5.91 Å². The molecular formula is C14H19NO3S. The Morgan fingerprint density at radius 1 is 1.32 bits per heavy atom. The van der Waals surface area contributed by atoms with Crippen molar-refractivity contribution in [1.29, 1.82) is 0 Å². The summed E-state index contributed by atoms with van der Waals surface area (Å²) in [5, 5.41) is 8.52. The zero-order chi connectivity index (χ0) is 14.3. The number of hydrogen-bond acceptors (Lipinski definition) is 3. The topological polar surface area (TPSA) is 57.6 Å². The second kappa shape index (κ2) is 7.84. The van der Waals surface area contributed by atoms with Crippen LogP contribution in [-0.4, -0.2) is 40.4 Å². The summed E-state index contributed by atoms with van der Waals surface area (Å²) in [7, 11) is 1.78. The molecule has 0 radical (unpaired) electrons. The van der Waals surface area contributed by atoms with Crippen molar-refractivity contribution in [2.75, 3.05) is 18.6 Å². The van der Waals surface area contributed by atoms with Crippen molar-refractivity contribution >= 4 is 23.6 Å². The lowest BCUT2D eigenvalue weighted by Crippen LogP contribution is -2.31. The number of carbonyl (C=O) groups is 2. The molecule has 1 aromatic rings. The minimum atomic E-state index is -0.828. The van der Waals surface area contributed by atoms with Gasteiger partial charge in [-0.3, -0.25) is 9.59 Å². The molecule has 0 aliphatic rings. The molecule has 0 saturated carbocycles. The summed E-state index contributed by atoms with van der Waals surface area (Å²) in [6.45, 7) is 1.98. The summed E-state index contributed by atoms with van der Waals surface area (Å²) < 4.78 is 0. The molecule has 104 valence electrons. The van der Waals surface area contributed by atoms with Crippen LogP contribution in [0.5, 0.6) is 0 Å².